The molecule has 1 N–H and O–H groups in total. The van der Waals surface area contributed by atoms with Crippen molar-refractivity contribution < 1.29 is 21.6 Å². The lowest BCUT2D eigenvalue weighted by Gasteiger charge is -2.22. The summed E-state index contributed by atoms with van der Waals surface area (Å²) in [6.07, 6.45) is -4.54. The van der Waals surface area contributed by atoms with Crippen LogP contribution in [0, 0.1) is 0 Å². The number of aromatic nitrogens is 2. The van der Waals surface area contributed by atoms with E-state index in [1.165, 1.54) is 6.92 Å². The Hall–Kier alpha value is -1.25. The molecule has 1 aromatic heterocycles. The first kappa shape index (κ1) is 13.2. The summed E-state index contributed by atoms with van der Waals surface area (Å²) >= 11 is 0. The molecule has 0 spiro atoms. The molecule has 9 heteroatoms. The van der Waals surface area contributed by atoms with E-state index in [-0.39, 0.29) is 17.9 Å². The molecule has 0 aromatic carbocycles. The molecule has 0 amide bonds. The second-order valence-corrected chi connectivity index (χ2v) is 6.86. The molecule has 5 nitrogen and oxygen atoms in total. The number of rotatable bonds is 1. The van der Waals surface area contributed by atoms with Gasteiger partial charge >= 0.3 is 6.18 Å². The molecule has 0 aliphatic carbocycles. The molecule has 1 atom stereocenters. The number of hydrogen-bond donors (Lipinski definition) is 1. The van der Waals surface area contributed by atoms with Crippen molar-refractivity contribution >= 4 is 9.84 Å². The van der Waals surface area contributed by atoms with Crippen molar-refractivity contribution in [2.24, 2.45) is 0 Å². The number of hydrogen-bond acceptors (Lipinski definition) is 3. The summed E-state index contributed by atoms with van der Waals surface area (Å²) in [4.78, 5) is 11.5. The van der Waals surface area contributed by atoms with Gasteiger partial charge in [0.2, 0.25) is 0 Å². The van der Waals surface area contributed by atoms with Crippen LogP contribution < -0.4 is 5.56 Å². The van der Waals surface area contributed by atoms with Crippen LogP contribution in [-0.4, -0.2) is 29.7 Å². The van der Waals surface area contributed by atoms with Gasteiger partial charge in [-0.3, -0.25) is 9.89 Å². The second kappa shape index (κ2) is 3.62. The predicted octanol–water partition coefficient (Wildman–Crippen LogP) is 0.729. The quantitative estimate of drug-likeness (QED) is 0.826. The van der Waals surface area contributed by atoms with Crippen LogP contribution >= 0.6 is 0 Å². The lowest BCUT2D eigenvalue weighted by atomic mass is 10.0. The first-order valence-electron chi connectivity index (χ1n) is 5.14. The van der Waals surface area contributed by atoms with E-state index in [0.717, 1.165) is 4.68 Å². The Bertz CT molecular complexity index is 628. The second-order valence-electron chi connectivity index (χ2n) is 4.68. The maximum atomic E-state index is 12.4. The normalized spacial score (nSPS) is 27.6. The van der Waals surface area contributed by atoms with Crippen molar-refractivity contribution in [2.75, 3.05) is 11.5 Å². The molecule has 1 fully saturated rings. The van der Waals surface area contributed by atoms with Crippen LogP contribution in [0.3, 0.4) is 0 Å². The van der Waals surface area contributed by atoms with Crippen molar-refractivity contribution in [3.63, 3.8) is 0 Å². The highest BCUT2D eigenvalue weighted by atomic mass is 32.2. The van der Waals surface area contributed by atoms with Gasteiger partial charge in [0.25, 0.3) is 5.56 Å². The molecule has 1 unspecified atom stereocenters. The van der Waals surface area contributed by atoms with E-state index in [1.54, 1.807) is 0 Å². The highest BCUT2D eigenvalue weighted by Gasteiger charge is 2.43. The van der Waals surface area contributed by atoms with E-state index in [1.807, 2.05) is 5.10 Å². The molecule has 1 saturated heterocycles. The van der Waals surface area contributed by atoms with Crippen LogP contribution in [-0.2, 0) is 21.6 Å². The van der Waals surface area contributed by atoms with Gasteiger partial charge in [0.05, 0.1) is 17.0 Å². The maximum absolute atomic E-state index is 12.4. The largest absolute Gasteiger partial charge is 0.432 e. The molecular formula is C9H11F3N2O3S. The molecule has 1 aliphatic rings. The van der Waals surface area contributed by atoms with Crippen LogP contribution in [0.5, 0.6) is 0 Å². The van der Waals surface area contributed by atoms with Gasteiger partial charge in [0.1, 0.15) is 5.69 Å². The SMILES string of the molecule is CC1(n2[nH]c(C(F)(F)F)cc2=O)CCS(=O)(=O)C1. The minimum Gasteiger partial charge on any atom is -0.291 e. The van der Waals surface area contributed by atoms with Crippen molar-refractivity contribution in [3.05, 3.63) is 22.1 Å². The third-order valence-corrected chi connectivity index (χ3v) is 4.94. The number of nitrogens with one attached hydrogen (secondary N) is 1. The van der Waals surface area contributed by atoms with Crippen molar-refractivity contribution in [1.82, 2.24) is 9.78 Å². The fourth-order valence-corrected chi connectivity index (χ4v) is 4.23. The fraction of sp³-hybridized carbons (Fsp3) is 0.667. The van der Waals surface area contributed by atoms with E-state index in [2.05, 4.69) is 0 Å². The number of nitrogens with zero attached hydrogens (tertiary/aromatic N) is 1. The number of aromatic amines is 1. The van der Waals surface area contributed by atoms with Crippen LogP contribution in [0.25, 0.3) is 0 Å². The summed E-state index contributed by atoms with van der Waals surface area (Å²) in [7, 11) is -3.31. The topological polar surface area (TPSA) is 71.9 Å². The van der Waals surface area contributed by atoms with E-state index < -0.39 is 32.8 Å². The van der Waals surface area contributed by atoms with Gasteiger partial charge in [-0.1, -0.05) is 0 Å². The summed E-state index contributed by atoms with van der Waals surface area (Å²) in [6.45, 7) is 1.45. The zero-order valence-electron chi connectivity index (χ0n) is 9.41. The van der Waals surface area contributed by atoms with Crippen LogP contribution in [0.1, 0.15) is 19.0 Å². The molecule has 0 saturated carbocycles. The Morgan fingerprint density at radius 2 is 2.06 bits per heavy atom. The Balaban J connectivity index is 2.48. The third-order valence-electron chi connectivity index (χ3n) is 3.05. The summed E-state index contributed by atoms with van der Waals surface area (Å²) in [5, 5.41) is 1.96. The van der Waals surface area contributed by atoms with Gasteiger partial charge in [-0.15, -0.1) is 0 Å². The summed E-state index contributed by atoms with van der Waals surface area (Å²) in [5.41, 5.74) is -3.18. The minimum absolute atomic E-state index is 0.118. The van der Waals surface area contributed by atoms with Crippen LogP contribution in [0.4, 0.5) is 13.2 Å². The average molecular weight is 284 g/mol. The molecule has 0 bridgehead atoms. The monoisotopic (exact) mass is 284 g/mol. The Morgan fingerprint density at radius 3 is 2.44 bits per heavy atom. The van der Waals surface area contributed by atoms with Crippen LogP contribution in [0.2, 0.25) is 0 Å². The van der Waals surface area contributed by atoms with Crippen molar-refractivity contribution in [3.8, 4) is 0 Å². The molecular weight excluding hydrogens is 273 g/mol. The Morgan fingerprint density at radius 1 is 1.44 bits per heavy atom. The summed E-state index contributed by atoms with van der Waals surface area (Å²) in [6, 6.07) is 0.441. The summed E-state index contributed by atoms with van der Waals surface area (Å²) in [5.74, 6) is -0.464. The van der Waals surface area contributed by atoms with Gasteiger partial charge < -0.3 is 0 Å². The van der Waals surface area contributed by atoms with Gasteiger partial charge in [-0.2, -0.15) is 13.2 Å². The van der Waals surface area contributed by atoms with Crippen molar-refractivity contribution in [1.29, 1.82) is 0 Å². The molecule has 2 heterocycles. The number of alkyl halides is 3. The van der Waals surface area contributed by atoms with E-state index in [0.29, 0.717) is 6.07 Å². The molecule has 1 aromatic rings. The smallest absolute Gasteiger partial charge is 0.291 e. The zero-order valence-corrected chi connectivity index (χ0v) is 10.2. The predicted molar refractivity (Wildman–Crippen MR) is 57.0 cm³/mol. The molecule has 0 radical (unpaired) electrons. The highest BCUT2D eigenvalue weighted by molar-refractivity contribution is 7.91. The first-order chi connectivity index (χ1) is 8.04. The van der Waals surface area contributed by atoms with Crippen LogP contribution in [0.15, 0.2) is 10.9 Å². The fourth-order valence-electron chi connectivity index (χ4n) is 2.11. The van der Waals surface area contributed by atoms with Crippen molar-refractivity contribution in [2.45, 2.75) is 25.1 Å². The molecule has 102 valence electrons. The van der Waals surface area contributed by atoms with Gasteiger partial charge in [-0.05, 0) is 13.3 Å². The van der Waals surface area contributed by atoms with Gasteiger partial charge in [-0.25, -0.2) is 13.1 Å². The van der Waals surface area contributed by atoms with E-state index in [4.69, 9.17) is 0 Å². The summed E-state index contributed by atoms with van der Waals surface area (Å²) < 4.78 is 60.9. The maximum Gasteiger partial charge on any atom is 0.432 e. The molecule has 18 heavy (non-hydrogen) atoms. The van der Waals surface area contributed by atoms with E-state index >= 15 is 0 Å². The van der Waals surface area contributed by atoms with Gasteiger partial charge in [0, 0.05) is 6.07 Å². The van der Waals surface area contributed by atoms with E-state index in [9.17, 15) is 26.4 Å². The lowest BCUT2D eigenvalue weighted by Crippen LogP contribution is -2.39. The number of sulfone groups is 1. The zero-order chi connectivity index (χ0) is 13.8. The van der Waals surface area contributed by atoms with Gasteiger partial charge in [0.15, 0.2) is 9.84 Å². The molecule has 1 aliphatic heterocycles. The first-order valence-corrected chi connectivity index (χ1v) is 6.96. The molecule has 2 rings (SSSR count). The lowest BCUT2D eigenvalue weighted by molar-refractivity contribution is -0.141. The highest BCUT2D eigenvalue weighted by Crippen LogP contribution is 2.31. The average Bonchev–Trinajstić information content (AvgIpc) is 2.68. The third kappa shape index (κ3) is 2.18. The minimum atomic E-state index is -4.65. The number of H-pyrrole nitrogens is 1. The standard InChI is InChI=1S/C9H11F3N2O3S/c1-8(2-3-18(16,17)5-8)14-7(15)4-6(13-14)9(10,11)12/h4,13H,2-3,5H2,1H3. The number of halogens is 3. The Kier molecular flexibility index (Phi) is 2.66. The Labute approximate surface area is 101 Å².